The van der Waals surface area contributed by atoms with E-state index in [1.165, 1.54) is 31.5 Å². The molecule has 3 heteroatoms. The second kappa shape index (κ2) is 5.61. The second-order valence-electron chi connectivity index (χ2n) is 5.38. The summed E-state index contributed by atoms with van der Waals surface area (Å²) in [6, 6.07) is 7.68. The lowest BCUT2D eigenvalue weighted by Gasteiger charge is -2.30. The summed E-state index contributed by atoms with van der Waals surface area (Å²) < 4.78 is 12.8. The van der Waals surface area contributed by atoms with Gasteiger partial charge in [0, 0.05) is 18.4 Å². The Morgan fingerprint density at radius 2 is 1.82 bits per heavy atom. The molecule has 0 saturated carbocycles. The van der Waals surface area contributed by atoms with Gasteiger partial charge < -0.3 is 9.80 Å². The van der Waals surface area contributed by atoms with Gasteiger partial charge in [-0.25, -0.2) is 4.39 Å². The Kier molecular flexibility index (Phi) is 4.13. The smallest absolute Gasteiger partial charge is 0.123 e. The normalized spacial score (nSPS) is 26.8. The number of nitrogens with one attached hydrogen (secondary N) is 2. The molecular weight excluding hydrogens is 215 g/mol. The van der Waals surface area contributed by atoms with Crippen molar-refractivity contribution in [3.63, 3.8) is 0 Å². The number of hydrogen-bond acceptors (Lipinski definition) is 0. The molecular formula is C14H23FN2+2. The van der Waals surface area contributed by atoms with E-state index in [-0.39, 0.29) is 5.82 Å². The van der Waals surface area contributed by atoms with Gasteiger partial charge in [0.2, 0.25) is 0 Å². The molecule has 1 aliphatic rings. The number of likely N-dealkylation sites (tertiary alicyclic amines) is 1. The summed E-state index contributed by atoms with van der Waals surface area (Å²) in [4.78, 5) is 3.21. The summed E-state index contributed by atoms with van der Waals surface area (Å²) in [5.41, 5.74) is 1.23. The van der Waals surface area contributed by atoms with E-state index in [0.717, 1.165) is 12.6 Å². The van der Waals surface area contributed by atoms with Crippen LogP contribution < -0.4 is 9.80 Å². The maximum Gasteiger partial charge on any atom is 0.123 e. The van der Waals surface area contributed by atoms with Crippen molar-refractivity contribution in [3.8, 4) is 0 Å². The molecule has 0 aromatic heterocycles. The minimum absolute atomic E-state index is 0.144. The third-order valence-electron chi connectivity index (χ3n) is 3.93. The van der Waals surface area contributed by atoms with E-state index in [4.69, 9.17) is 0 Å². The zero-order chi connectivity index (χ0) is 12.3. The topological polar surface area (TPSA) is 8.88 Å². The van der Waals surface area contributed by atoms with Crippen LogP contribution in [0.2, 0.25) is 0 Å². The highest BCUT2D eigenvalue weighted by Gasteiger charge is 2.25. The minimum atomic E-state index is -0.144. The number of halogens is 1. The highest BCUT2D eigenvalue weighted by molar-refractivity contribution is 5.14. The number of hydrogen-bond donors (Lipinski definition) is 2. The van der Waals surface area contributed by atoms with Gasteiger partial charge in [-0.2, -0.15) is 0 Å². The third-order valence-corrected chi connectivity index (χ3v) is 3.93. The van der Waals surface area contributed by atoms with Gasteiger partial charge in [0.15, 0.2) is 0 Å². The molecule has 2 N–H and O–H groups in total. The standard InChI is InChI=1S/C14H21FN2/c1-16-9-7-14(8-10-16)17(2)11-12-3-5-13(15)6-4-12/h3-6,14H,7-11H2,1-2H3/p+2. The Morgan fingerprint density at radius 3 is 2.41 bits per heavy atom. The van der Waals surface area contributed by atoms with E-state index in [2.05, 4.69) is 14.1 Å². The zero-order valence-electron chi connectivity index (χ0n) is 10.8. The largest absolute Gasteiger partial charge is 0.337 e. The highest BCUT2D eigenvalue weighted by atomic mass is 19.1. The summed E-state index contributed by atoms with van der Waals surface area (Å²) >= 11 is 0. The van der Waals surface area contributed by atoms with Crippen LogP contribution in [0.1, 0.15) is 18.4 Å². The van der Waals surface area contributed by atoms with Gasteiger partial charge >= 0.3 is 0 Å². The molecule has 1 atom stereocenters. The molecule has 94 valence electrons. The number of piperidine rings is 1. The van der Waals surface area contributed by atoms with E-state index in [0.29, 0.717) is 0 Å². The summed E-state index contributed by atoms with van der Waals surface area (Å²) in [5, 5.41) is 0. The summed E-state index contributed by atoms with van der Waals surface area (Å²) in [7, 11) is 4.53. The molecule has 1 unspecified atom stereocenters. The van der Waals surface area contributed by atoms with Crippen LogP contribution in [-0.2, 0) is 6.54 Å². The fraction of sp³-hybridized carbons (Fsp3) is 0.571. The zero-order valence-corrected chi connectivity index (χ0v) is 10.8. The van der Waals surface area contributed by atoms with Crippen LogP contribution in [0.15, 0.2) is 24.3 Å². The third kappa shape index (κ3) is 3.51. The first-order valence-electron chi connectivity index (χ1n) is 6.53. The molecule has 2 nitrogen and oxygen atoms in total. The summed E-state index contributed by atoms with van der Waals surface area (Å²) in [6.45, 7) is 3.57. The molecule has 1 fully saturated rings. The lowest BCUT2D eigenvalue weighted by Crippen LogP contribution is -3.17. The molecule has 1 heterocycles. The SMILES string of the molecule is C[NH+]1CCC([NH+](C)Cc2ccc(F)cc2)CC1. The van der Waals surface area contributed by atoms with Gasteiger partial charge in [-0.05, 0) is 12.1 Å². The van der Waals surface area contributed by atoms with Crippen molar-refractivity contribution in [2.45, 2.75) is 25.4 Å². The fourth-order valence-corrected chi connectivity index (χ4v) is 2.67. The first-order valence-corrected chi connectivity index (χ1v) is 6.53. The van der Waals surface area contributed by atoms with Crippen LogP contribution >= 0.6 is 0 Å². The predicted molar refractivity (Wildman–Crippen MR) is 66.6 cm³/mol. The lowest BCUT2D eigenvalue weighted by molar-refractivity contribution is -0.948. The van der Waals surface area contributed by atoms with Crippen LogP contribution in [-0.4, -0.2) is 33.2 Å². The van der Waals surface area contributed by atoms with Gasteiger partial charge in [-0.1, -0.05) is 12.1 Å². The average molecular weight is 238 g/mol. The van der Waals surface area contributed by atoms with E-state index < -0.39 is 0 Å². The Hall–Kier alpha value is -0.930. The maximum absolute atomic E-state index is 12.8. The van der Waals surface area contributed by atoms with E-state index in [9.17, 15) is 4.39 Å². The molecule has 1 aliphatic heterocycles. The lowest BCUT2D eigenvalue weighted by atomic mass is 10.0. The Bertz CT molecular complexity index is 342. The van der Waals surface area contributed by atoms with Crippen molar-refractivity contribution in [1.82, 2.24) is 0 Å². The Morgan fingerprint density at radius 1 is 1.24 bits per heavy atom. The first-order chi connectivity index (χ1) is 8.15. The van der Waals surface area contributed by atoms with Crippen molar-refractivity contribution in [2.24, 2.45) is 0 Å². The highest BCUT2D eigenvalue weighted by Crippen LogP contribution is 2.02. The van der Waals surface area contributed by atoms with Gasteiger partial charge in [-0.15, -0.1) is 0 Å². The molecule has 0 amide bonds. The summed E-state index contributed by atoms with van der Waals surface area (Å²) in [6.07, 6.45) is 2.61. The van der Waals surface area contributed by atoms with Crippen LogP contribution in [0, 0.1) is 5.82 Å². The van der Waals surface area contributed by atoms with Crippen molar-refractivity contribution in [3.05, 3.63) is 35.6 Å². The van der Waals surface area contributed by atoms with E-state index in [1.807, 2.05) is 12.1 Å². The maximum atomic E-state index is 12.8. The molecule has 2 rings (SSSR count). The number of quaternary nitrogens is 2. The monoisotopic (exact) mass is 238 g/mol. The van der Waals surface area contributed by atoms with Gasteiger partial charge in [0.05, 0.1) is 33.2 Å². The average Bonchev–Trinajstić information content (AvgIpc) is 2.33. The molecule has 0 aliphatic carbocycles. The molecule has 17 heavy (non-hydrogen) atoms. The fourth-order valence-electron chi connectivity index (χ4n) is 2.67. The molecule has 0 bridgehead atoms. The quantitative estimate of drug-likeness (QED) is 0.704. The van der Waals surface area contributed by atoms with Crippen molar-refractivity contribution < 1.29 is 14.2 Å². The Balaban J connectivity index is 1.88. The van der Waals surface area contributed by atoms with Gasteiger partial charge in [-0.3, -0.25) is 0 Å². The molecule has 1 saturated heterocycles. The van der Waals surface area contributed by atoms with E-state index in [1.54, 1.807) is 21.9 Å². The van der Waals surface area contributed by atoms with Gasteiger partial charge in [0.1, 0.15) is 12.4 Å². The Labute approximate surface area is 103 Å². The van der Waals surface area contributed by atoms with Crippen molar-refractivity contribution in [2.75, 3.05) is 27.2 Å². The second-order valence-corrected chi connectivity index (χ2v) is 5.38. The molecule has 0 radical (unpaired) electrons. The summed E-state index contributed by atoms with van der Waals surface area (Å²) in [5.74, 6) is -0.144. The predicted octanol–water partition coefficient (Wildman–Crippen LogP) is -0.482. The van der Waals surface area contributed by atoms with Crippen LogP contribution in [0.5, 0.6) is 0 Å². The van der Waals surface area contributed by atoms with Crippen LogP contribution in [0.4, 0.5) is 4.39 Å². The van der Waals surface area contributed by atoms with Crippen LogP contribution in [0.25, 0.3) is 0 Å². The first kappa shape index (κ1) is 12.5. The van der Waals surface area contributed by atoms with Crippen LogP contribution in [0.3, 0.4) is 0 Å². The van der Waals surface area contributed by atoms with Crippen molar-refractivity contribution in [1.29, 1.82) is 0 Å². The minimum Gasteiger partial charge on any atom is -0.337 e. The van der Waals surface area contributed by atoms with E-state index >= 15 is 0 Å². The van der Waals surface area contributed by atoms with Crippen molar-refractivity contribution >= 4 is 0 Å². The molecule has 0 spiro atoms. The molecule has 1 aromatic rings. The van der Waals surface area contributed by atoms with Gasteiger partial charge in [0.25, 0.3) is 0 Å². The number of benzene rings is 1. The molecule has 1 aromatic carbocycles. The number of rotatable bonds is 3.